The first-order chi connectivity index (χ1) is 15.9. The molecule has 4 rings (SSSR count). The molecular formula is C24H25Cl2N5O2. The molecule has 0 radical (unpaired) electrons. The van der Waals surface area contributed by atoms with Crippen molar-refractivity contribution >= 4 is 40.5 Å². The van der Waals surface area contributed by atoms with Gasteiger partial charge in [0.05, 0.1) is 17.1 Å². The summed E-state index contributed by atoms with van der Waals surface area (Å²) in [5, 5.41) is 8.30. The predicted molar refractivity (Wildman–Crippen MR) is 133 cm³/mol. The summed E-state index contributed by atoms with van der Waals surface area (Å²) in [6.07, 6.45) is 0. The fraction of sp³-hybridized carbons (Fsp3) is 0.292. The topological polar surface area (TPSA) is 70.5 Å². The number of anilines is 2. The van der Waals surface area contributed by atoms with Crippen molar-refractivity contribution in [3.63, 3.8) is 0 Å². The highest BCUT2D eigenvalue weighted by molar-refractivity contribution is 6.31. The van der Waals surface area contributed by atoms with Gasteiger partial charge in [0, 0.05) is 48.0 Å². The number of aryl methyl sites for hydroxylation is 1. The maximum Gasteiger partial charge on any atom is 0.280 e. The first-order valence-electron chi connectivity index (χ1n) is 10.8. The molecule has 0 bridgehead atoms. The van der Waals surface area contributed by atoms with E-state index >= 15 is 0 Å². The number of rotatable bonds is 5. The first-order valence-corrected chi connectivity index (χ1v) is 11.6. The van der Waals surface area contributed by atoms with Crippen molar-refractivity contribution in [1.29, 1.82) is 0 Å². The third-order valence-electron chi connectivity index (χ3n) is 5.76. The number of likely N-dealkylation sites (N-methyl/N-ethyl adjacent to an activating group) is 1. The van der Waals surface area contributed by atoms with Gasteiger partial charge in [-0.15, -0.1) is 0 Å². The van der Waals surface area contributed by atoms with Crippen molar-refractivity contribution in [3.05, 3.63) is 80.2 Å². The molecule has 3 aromatic rings. The summed E-state index contributed by atoms with van der Waals surface area (Å²) in [7, 11) is 0. The monoisotopic (exact) mass is 485 g/mol. The Morgan fingerprint density at radius 3 is 2.33 bits per heavy atom. The van der Waals surface area contributed by atoms with E-state index in [-0.39, 0.29) is 5.69 Å². The Hall–Kier alpha value is -2.87. The Labute approximate surface area is 202 Å². The van der Waals surface area contributed by atoms with Crippen LogP contribution in [0, 0.1) is 6.92 Å². The fourth-order valence-corrected chi connectivity index (χ4v) is 4.22. The average molecular weight is 486 g/mol. The normalized spacial score (nSPS) is 14.4. The lowest BCUT2D eigenvalue weighted by atomic mass is 10.2. The van der Waals surface area contributed by atoms with E-state index in [1.165, 1.54) is 6.07 Å². The second-order valence-electron chi connectivity index (χ2n) is 7.92. The minimum absolute atomic E-state index is 0.197. The van der Waals surface area contributed by atoms with Crippen LogP contribution in [0.4, 0.5) is 11.4 Å². The van der Waals surface area contributed by atoms with E-state index in [2.05, 4.69) is 27.1 Å². The fourth-order valence-electron chi connectivity index (χ4n) is 3.92. The Bertz CT molecular complexity index is 1220. The first kappa shape index (κ1) is 23.3. The Morgan fingerprint density at radius 1 is 1.00 bits per heavy atom. The SMILES string of the molecule is CCN1CCN(c2ccc(Cl)cc2NC(=O)c2nn(-c3ccc(Cl)cc3)c(C)cc2=O)CC1. The summed E-state index contributed by atoms with van der Waals surface area (Å²) >= 11 is 12.2. The van der Waals surface area contributed by atoms with Crippen molar-refractivity contribution in [1.82, 2.24) is 14.7 Å². The zero-order valence-corrected chi connectivity index (χ0v) is 20.0. The van der Waals surface area contributed by atoms with Crippen LogP contribution in [0.3, 0.4) is 0 Å². The van der Waals surface area contributed by atoms with Crippen LogP contribution in [0.5, 0.6) is 0 Å². The minimum Gasteiger partial charge on any atom is -0.367 e. The summed E-state index contributed by atoms with van der Waals surface area (Å²) < 4.78 is 1.55. The molecule has 1 amide bonds. The van der Waals surface area contributed by atoms with Gasteiger partial charge in [-0.25, -0.2) is 4.68 Å². The molecule has 33 heavy (non-hydrogen) atoms. The predicted octanol–water partition coefficient (Wildman–Crippen LogP) is 4.24. The molecule has 0 atom stereocenters. The molecule has 1 fully saturated rings. The third-order valence-corrected chi connectivity index (χ3v) is 6.25. The van der Waals surface area contributed by atoms with E-state index in [0.29, 0.717) is 27.1 Å². The van der Waals surface area contributed by atoms with E-state index in [0.717, 1.165) is 38.4 Å². The number of piperazine rings is 1. The number of carbonyl (C=O) groups excluding carboxylic acids is 1. The lowest BCUT2D eigenvalue weighted by Gasteiger charge is -2.36. The van der Waals surface area contributed by atoms with Crippen LogP contribution >= 0.6 is 23.2 Å². The number of hydrogen-bond acceptors (Lipinski definition) is 5. The van der Waals surface area contributed by atoms with Gasteiger partial charge in [0.1, 0.15) is 0 Å². The smallest absolute Gasteiger partial charge is 0.280 e. The van der Waals surface area contributed by atoms with E-state index in [9.17, 15) is 9.59 Å². The number of halogens is 2. The average Bonchev–Trinajstić information content (AvgIpc) is 2.80. The number of carbonyl (C=O) groups is 1. The Kier molecular flexibility index (Phi) is 7.02. The molecule has 0 unspecified atom stereocenters. The van der Waals surface area contributed by atoms with Gasteiger partial charge in [-0.05, 0) is 55.9 Å². The molecule has 1 saturated heterocycles. The summed E-state index contributed by atoms with van der Waals surface area (Å²) in [5.41, 5.74) is 2.08. The van der Waals surface area contributed by atoms with Gasteiger partial charge in [-0.3, -0.25) is 9.59 Å². The zero-order valence-electron chi connectivity index (χ0n) is 18.5. The molecule has 2 heterocycles. The summed E-state index contributed by atoms with van der Waals surface area (Å²) in [5.74, 6) is -0.585. The molecule has 1 N–H and O–H groups in total. The lowest BCUT2D eigenvalue weighted by Crippen LogP contribution is -2.46. The number of benzene rings is 2. The van der Waals surface area contributed by atoms with Crippen LogP contribution in [0.25, 0.3) is 5.69 Å². The molecule has 0 aliphatic carbocycles. The highest BCUT2D eigenvalue weighted by atomic mass is 35.5. The van der Waals surface area contributed by atoms with E-state index in [1.807, 2.05) is 6.07 Å². The lowest BCUT2D eigenvalue weighted by molar-refractivity contribution is 0.101. The van der Waals surface area contributed by atoms with E-state index in [4.69, 9.17) is 23.2 Å². The van der Waals surface area contributed by atoms with Gasteiger partial charge in [-0.2, -0.15) is 5.10 Å². The van der Waals surface area contributed by atoms with Gasteiger partial charge < -0.3 is 15.1 Å². The molecule has 1 aromatic heterocycles. The van der Waals surface area contributed by atoms with Crippen molar-refractivity contribution in [2.75, 3.05) is 42.9 Å². The number of nitrogens with zero attached hydrogens (tertiary/aromatic N) is 4. The van der Waals surface area contributed by atoms with E-state index < -0.39 is 11.3 Å². The largest absolute Gasteiger partial charge is 0.367 e. The maximum absolute atomic E-state index is 13.2. The van der Waals surface area contributed by atoms with Gasteiger partial charge in [0.25, 0.3) is 5.91 Å². The molecule has 2 aromatic carbocycles. The standard InChI is InChI=1S/C24H25Cl2N5O2/c1-3-29-10-12-30(13-11-29)21-9-6-18(26)15-20(21)27-24(33)23-22(32)14-16(2)31(28-23)19-7-4-17(25)5-8-19/h4-9,14-15H,3,10-13H2,1-2H3,(H,27,33). The van der Waals surface area contributed by atoms with Crippen LogP contribution in [0.2, 0.25) is 10.0 Å². The highest BCUT2D eigenvalue weighted by Gasteiger charge is 2.21. The molecule has 172 valence electrons. The van der Waals surface area contributed by atoms with Crippen LogP contribution in [-0.2, 0) is 0 Å². The second kappa shape index (κ2) is 9.95. The summed E-state index contributed by atoms with van der Waals surface area (Å²) in [6, 6.07) is 13.8. The van der Waals surface area contributed by atoms with Gasteiger partial charge in [0.2, 0.25) is 5.43 Å². The summed E-state index contributed by atoms with van der Waals surface area (Å²) in [6.45, 7) is 8.48. The highest BCUT2D eigenvalue weighted by Crippen LogP contribution is 2.30. The van der Waals surface area contributed by atoms with Crippen molar-refractivity contribution < 1.29 is 4.79 Å². The number of amides is 1. The molecule has 9 heteroatoms. The van der Waals surface area contributed by atoms with Crippen LogP contribution in [0.15, 0.2) is 53.3 Å². The molecular weight excluding hydrogens is 461 g/mol. The summed E-state index contributed by atoms with van der Waals surface area (Å²) in [4.78, 5) is 30.4. The number of aromatic nitrogens is 2. The van der Waals surface area contributed by atoms with E-state index in [1.54, 1.807) is 48.0 Å². The Morgan fingerprint density at radius 2 is 1.67 bits per heavy atom. The second-order valence-corrected chi connectivity index (χ2v) is 8.80. The molecule has 7 nitrogen and oxygen atoms in total. The number of hydrogen-bond donors (Lipinski definition) is 1. The number of nitrogens with one attached hydrogen (secondary N) is 1. The zero-order chi connectivity index (χ0) is 23.5. The van der Waals surface area contributed by atoms with Crippen molar-refractivity contribution in [2.45, 2.75) is 13.8 Å². The molecule has 1 aliphatic rings. The minimum atomic E-state index is -0.585. The third kappa shape index (κ3) is 5.21. The van der Waals surface area contributed by atoms with Gasteiger partial charge in [0.15, 0.2) is 5.69 Å². The van der Waals surface area contributed by atoms with Gasteiger partial charge in [-0.1, -0.05) is 30.1 Å². The molecule has 0 saturated carbocycles. The van der Waals surface area contributed by atoms with Crippen LogP contribution < -0.4 is 15.6 Å². The van der Waals surface area contributed by atoms with Gasteiger partial charge >= 0.3 is 0 Å². The maximum atomic E-state index is 13.2. The van der Waals surface area contributed by atoms with Crippen molar-refractivity contribution in [3.8, 4) is 5.69 Å². The van der Waals surface area contributed by atoms with Crippen LogP contribution in [-0.4, -0.2) is 53.3 Å². The molecule has 0 spiro atoms. The van der Waals surface area contributed by atoms with Crippen LogP contribution in [0.1, 0.15) is 23.1 Å². The van der Waals surface area contributed by atoms with Crippen molar-refractivity contribution in [2.24, 2.45) is 0 Å². The Balaban J connectivity index is 1.64. The molecule has 1 aliphatic heterocycles. The quantitative estimate of drug-likeness (QED) is 0.584.